The number of rotatable bonds is 2. The molecule has 1 rings (SSSR count). The molecule has 0 amide bonds. The van der Waals surface area contributed by atoms with Crippen molar-refractivity contribution in [2.24, 2.45) is 0 Å². The molecule has 3 atom stereocenters. The van der Waals surface area contributed by atoms with Crippen LogP contribution in [0.25, 0.3) is 0 Å². The van der Waals surface area contributed by atoms with Crippen LogP contribution >= 0.6 is 0 Å². The van der Waals surface area contributed by atoms with Gasteiger partial charge in [-0.3, -0.25) is 4.21 Å². The summed E-state index contributed by atoms with van der Waals surface area (Å²) >= 11 is -1.03. The van der Waals surface area contributed by atoms with Crippen LogP contribution in [0.5, 0.6) is 0 Å². The summed E-state index contributed by atoms with van der Waals surface area (Å²) in [5.41, 5.74) is 0. The molecule has 78 valence electrons. The molecule has 1 saturated heterocycles. The molecule has 0 bridgehead atoms. The van der Waals surface area contributed by atoms with Gasteiger partial charge in [0.05, 0.1) is 6.04 Å². The summed E-state index contributed by atoms with van der Waals surface area (Å²) in [6.45, 7) is 5.80. The number of hydrogen-bond acceptors (Lipinski definition) is 3. The van der Waals surface area contributed by atoms with Gasteiger partial charge >= 0.3 is 0 Å². The minimum absolute atomic E-state index is 0.181. The third kappa shape index (κ3) is 3.58. The van der Waals surface area contributed by atoms with Crippen LogP contribution in [0.4, 0.5) is 0 Å². The van der Waals surface area contributed by atoms with Gasteiger partial charge in [-0.2, -0.15) is 0 Å². The molecule has 0 aromatic rings. The quantitative estimate of drug-likeness (QED) is 0.696. The van der Waals surface area contributed by atoms with Crippen molar-refractivity contribution in [1.82, 2.24) is 4.72 Å². The van der Waals surface area contributed by atoms with Crippen LogP contribution in [0, 0.1) is 0 Å². The lowest BCUT2D eigenvalue weighted by atomic mass is 10.3. The molecule has 0 spiro atoms. The molecule has 1 N–H and O–H groups in total. The van der Waals surface area contributed by atoms with Crippen LogP contribution < -0.4 is 4.72 Å². The fourth-order valence-electron chi connectivity index (χ4n) is 1.09. The van der Waals surface area contributed by atoms with E-state index in [1.807, 2.05) is 20.8 Å². The zero-order valence-corrected chi connectivity index (χ0v) is 9.96. The van der Waals surface area contributed by atoms with E-state index in [9.17, 15) is 8.76 Å². The van der Waals surface area contributed by atoms with Gasteiger partial charge in [-0.05, 0) is 27.2 Å². The van der Waals surface area contributed by atoms with E-state index in [2.05, 4.69) is 4.72 Å². The van der Waals surface area contributed by atoms with E-state index in [0.29, 0.717) is 5.75 Å². The predicted octanol–water partition coefficient (Wildman–Crippen LogP) is 0.559. The second kappa shape index (κ2) is 4.29. The Morgan fingerprint density at radius 2 is 2.15 bits per heavy atom. The summed E-state index contributed by atoms with van der Waals surface area (Å²) in [5, 5.41) is 0. The van der Waals surface area contributed by atoms with E-state index in [4.69, 9.17) is 0 Å². The third-order valence-electron chi connectivity index (χ3n) is 1.91. The van der Waals surface area contributed by atoms with Gasteiger partial charge in [-0.25, -0.2) is 0 Å². The third-order valence-corrected chi connectivity index (χ3v) is 5.04. The first kappa shape index (κ1) is 11.5. The highest BCUT2D eigenvalue weighted by Crippen LogP contribution is 2.16. The van der Waals surface area contributed by atoms with Crippen LogP contribution in [0.15, 0.2) is 0 Å². The maximum atomic E-state index is 11.6. The summed E-state index contributed by atoms with van der Waals surface area (Å²) in [6.07, 6.45) is 0.883. The van der Waals surface area contributed by atoms with Crippen LogP contribution in [-0.2, 0) is 22.2 Å². The number of nitrogens with one attached hydrogen (secondary N) is 1. The molecule has 3 unspecified atom stereocenters. The Bertz CT molecular complexity index is 203. The van der Waals surface area contributed by atoms with E-state index >= 15 is 0 Å². The second-order valence-electron chi connectivity index (χ2n) is 4.30. The average Bonchev–Trinajstić information content (AvgIpc) is 2.33. The highest BCUT2D eigenvalue weighted by atomic mass is 32.2. The SMILES string of the molecule is CC(C)(C)[S+]([O-])NC1CCS(=O)C1. The smallest absolute Gasteiger partial charge is 0.136 e. The van der Waals surface area contributed by atoms with Gasteiger partial charge in [-0.1, -0.05) is 0 Å². The minimum atomic E-state index is -1.03. The molecule has 3 nitrogen and oxygen atoms in total. The van der Waals surface area contributed by atoms with Crippen LogP contribution in [0.3, 0.4) is 0 Å². The summed E-state index contributed by atoms with van der Waals surface area (Å²) in [6, 6.07) is 0.181. The Labute approximate surface area is 85.4 Å². The second-order valence-corrected chi connectivity index (χ2v) is 7.91. The van der Waals surface area contributed by atoms with E-state index in [1.165, 1.54) is 0 Å². The zero-order chi connectivity index (χ0) is 10.1. The van der Waals surface area contributed by atoms with E-state index < -0.39 is 22.2 Å². The van der Waals surface area contributed by atoms with E-state index in [-0.39, 0.29) is 10.8 Å². The van der Waals surface area contributed by atoms with Crippen LogP contribution in [0.1, 0.15) is 27.2 Å². The van der Waals surface area contributed by atoms with Crippen molar-refractivity contribution in [2.45, 2.75) is 38.0 Å². The normalized spacial score (nSPS) is 32.0. The summed E-state index contributed by atoms with van der Waals surface area (Å²) in [7, 11) is -0.693. The summed E-state index contributed by atoms with van der Waals surface area (Å²) < 4.78 is 25.5. The van der Waals surface area contributed by atoms with Crippen molar-refractivity contribution in [3.8, 4) is 0 Å². The highest BCUT2D eigenvalue weighted by molar-refractivity contribution is 7.91. The molecule has 0 saturated carbocycles. The fraction of sp³-hybridized carbons (Fsp3) is 1.00. The van der Waals surface area contributed by atoms with Gasteiger partial charge in [0.15, 0.2) is 0 Å². The monoisotopic (exact) mass is 223 g/mol. The molecule has 1 heterocycles. The summed E-state index contributed by atoms with van der Waals surface area (Å²) in [4.78, 5) is 0. The Kier molecular flexibility index (Phi) is 3.80. The standard InChI is InChI=1S/C8H17NO2S2/c1-8(2,3)13(11)9-7-4-5-12(10)6-7/h7,9H,4-6H2,1-3H3. The Morgan fingerprint density at radius 1 is 1.54 bits per heavy atom. The molecule has 1 fully saturated rings. The maximum absolute atomic E-state index is 11.6. The molecule has 0 radical (unpaired) electrons. The van der Waals surface area contributed by atoms with Gasteiger partial charge in [0.25, 0.3) is 0 Å². The first-order valence-corrected chi connectivity index (χ1v) is 7.06. The molecule has 0 aliphatic carbocycles. The molecule has 1 aliphatic heterocycles. The molecule has 5 heteroatoms. The lowest BCUT2D eigenvalue weighted by Crippen LogP contribution is -2.44. The van der Waals surface area contributed by atoms with Gasteiger partial charge in [0, 0.05) is 33.7 Å². The largest absolute Gasteiger partial charge is 0.598 e. The van der Waals surface area contributed by atoms with Gasteiger partial charge in [0.2, 0.25) is 0 Å². The average molecular weight is 223 g/mol. The van der Waals surface area contributed by atoms with Crippen LogP contribution in [-0.4, -0.2) is 31.1 Å². The van der Waals surface area contributed by atoms with Crippen molar-refractivity contribution < 1.29 is 8.76 Å². The molecule has 13 heavy (non-hydrogen) atoms. The van der Waals surface area contributed by atoms with Crippen molar-refractivity contribution in [3.63, 3.8) is 0 Å². The van der Waals surface area contributed by atoms with Gasteiger partial charge in [0.1, 0.15) is 4.75 Å². The zero-order valence-electron chi connectivity index (χ0n) is 8.33. The van der Waals surface area contributed by atoms with Crippen molar-refractivity contribution >= 4 is 22.2 Å². The first-order valence-electron chi connectivity index (χ1n) is 4.42. The topological polar surface area (TPSA) is 52.2 Å². The maximum Gasteiger partial charge on any atom is 0.136 e. The summed E-state index contributed by atoms with van der Waals surface area (Å²) in [5.74, 6) is 1.40. The Morgan fingerprint density at radius 3 is 2.54 bits per heavy atom. The molecular weight excluding hydrogens is 206 g/mol. The Hall–Kier alpha value is 0.420. The predicted molar refractivity (Wildman–Crippen MR) is 57.3 cm³/mol. The molecule has 0 aromatic heterocycles. The highest BCUT2D eigenvalue weighted by Gasteiger charge is 2.31. The van der Waals surface area contributed by atoms with Gasteiger partial charge < -0.3 is 4.55 Å². The molecule has 1 aliphatic rings. The van der Waals surface area contributed by atoms with Crippen molar-refractivity contribution in [2.75, 3.05) is 11.5 Å². The van der Waals surface area contributed by atoms with E-state index in [1.54, 1.807) is 0 Å². The molecule has 0 aromatic carbocycles. The first-order chi connectivity index (χ1) is 5.89. The lowest BCUT2D eigenvalue weighted by molar-refractivity contribution is 0.528. The number of hydrogen-bond donors (Lipinski definition) is 1. The lowest BCUT2D eigenvalue weighted by Gasteiger charge is -2.25. The minimum Gasteiger partial charge on any atom is -0.598 e. The Balaban J connectivity index is 2.37. The van der Waals surface area contributed by atoms with E-state index in [0.717, 1.165) is 12.2 Å². The molecular formula is C8H17NO2S2. The van der Waals surface area contributed by atoms with Crippen molar-refractivity contribution in [1.29, 1.82) is 0 Å². The van der Waals surface area contributed by atoms with Crippen molar-refractivity contribution in [3.05, 3.63) is 0 Å². The van der Waals surface area contributed by atoms with Crippen LogP contribution in [0.2, 0.25) is 0 Å². The fourth-order valence-corrected chi connectivity index (χ4v) is 3.46. The van der Waals surface area contributed by atoms with Gasteiger partial charge in [-0.15, -0.1) is 4.72 Å².